The van der Waals surface area contributed by atoms with Crippen LogP contribution in [-0.4, -0.2) is 41.5 Å². The van der Waals surface area contributed by atoms with Crippen LogP contribution in [0.2, 0.25) is 0 Å². The Kier molecular flexibility index (Phi) is 5.88. The van der Waals surface area contributed by atoms with Crippen molar-refractivity contribution < 1.29 is 28.7 Å². The van der Waals surface area contributed by atoms with E-state index in [9.17, 15) is 14.2 Å². The molecule has 0 atom stereocenters. The van der Waals surface area contributed by atoms with Gasteiger partial charge in [0.2, 0.25) is 0 Å². The first-order valence-electron chi connectivity index (χ1n) is 5.85. The molecule has 0 aliphatic carbocycles. The molecule has 0 heterocycles. The van der Waals surface area contributed by atoms with E-state index >= 15 is 0 Å². The average Bonchev–Trinajstić information content (AvgIpc) is 2.41. The molecule has 7 nitrogen and oxygen atoms in total. The number of esters is 1. The van der Waals surface area contributed by atoms with Crippen molar-refractivity contribution in [2.75, 3.05) is 19.8 Å². The molecule has 1 aromatic carbocycles. The van der Waals surface area contributed by atoms with Crippen LogP contribution in [0.3, 0.4) is 0 Å². The quantitative estimate of drug-likeness (QED) is 0.406. The van der Waals surface area contributed by atoms with E-state index < -0.39 is 19.5 Å². The minimum Gasteiger partial charge on any atom is -0.465 e. The Labute approximate surface area is 116 Å². The van der Waals surface area contributed by atoms with Gasteiger partial charge in [-0.1, -0.05) is 12.1 Å². The maximum atomic E-state index is 11.9. The van der Waals surface area contributed by atoms with Crippen molar-refractivity contribution in [1.82, 2.24) is 5.32 Å². The van der Waals surface area contributed by atoms with Gasteiger partial charge in [0, 0.05) is 6.54 Å². The van der Waals surface area contributed by atoms with Crippen molar-refractivity contribution in [2.24, 2.45) is 0 Å². The summed E-state index contributed by atoms with van der Waals surface area (Å²) in [6.45, 7) is 0.111. The monoisotopic (exact) mass is 301 g/mol. The van der Waals surface area contributed by atoms with Crippen LogP contribution in [0.25, 0.3) is 0 Å². The van der Waals surface area contributed by atoms with Gasteiger partial charge in [0.1, 0.15) is 0 Å². The highest BCUT2D eigenvalue weighted by Gasteiger charge is 2.17. The van der Waals surface area contributed by atoms with Gasteiger partial charge >= 0.3 is 13.6 Å². The molecule has 0 bridgehead atoms. The summed E-state index contributed by atoms with van der Waals surface area (Å²) >= 11 is 0. The average molecular weight is 301 g/mol. The van der Waals surface area contributed by atoms with Gasteiger partial charge in [-0.25, -0.2) is 4.79 Å². The molecule has 1 rings (SSSR count). The van der Waals surface area contributed by atoms with Crippen LogP contribution in [0.4, 0.5) is 0 Å². The number of nitrogens with one attached hydrogen (secondary N) is 1. The van der Waals surface area contributed by atoms with Gasteiger partial charge in [-0.3, -0.25) is 9.36 Å². The number of carbonyl (C=O) groups is 2. The highest BCUT2D eigenvalue weighted by molar-refractivity contribution is 7.51. The molecule has 0 unspecified atom stereocenters. The molecule has 0 saturated carbocycles. The number of methoxy groups -OCH3 is 1. The first kappa shape index (κ1) is 16.4. The summed E-state index contributed by atoms with van der Waals surface area (Å²) in [5.41, 5.74) is 0.304. The number of benzene rings is 1. The molecule has 0 saturated heterocycles. The van der Waals surface area contributed by atoms with E-state index in [2.05, 4.69) is 10.1 Å². The lowest BCUT2D eigenvalue weighted by Crippen LogP contribution is -2.27. The van der Waals surface area contributed by atoms with Gasteiger partial charge < -0.3 is 19.8 Å². The molecule has 20 heavy (non-hydrogen) atoms. The number of hydrogen-bond acceptors (Lipinski definition) is 4. The lowest BCUT2D eigenvalue weighted by molar-refractivity contribution is 0.0596. The fourth-order valence-electron chi connectivity index (χ4n) is 1.55. The van der Waals surface area contributed by atoms with Crippen LogP contribution in [-0.2, 0) is 9.30 Å². The second-order valence-electron chi connectivity index (χ2n) is 4.03. The zero-order chi connectivity index (χ0) is 15.2. The lowest BCUT2D eigenvalue weighted by atomic mass is 10.1. The number of carbonyl (C=O) groups excluding carboxylic acids is 2. The third-order valence-electron chi connectivity index (χ3n) is 2.49. The number of amides is 1. The van der Waals surface area contributed by atoms with E-state index in [1.54, 1.807) is 12.1 Å². The maximum absolute atomic E-state index is 11.9. The van der Waals surface area contributed by atoms with Crippen molar-refractivity contribution in [3.8, 4) is 0 Å². The molecule has 1 aromatic rings. The van der Waals surface area contributed by atoms with Crippen molar-refractivity contribution in [3.05, 3.63) is 35.4 Å². The third kappa shape index (κ3) is 5.13. The number of rotatable bonds is 6. The molecule has 0 aromatic heterocycles. The van der Waals surface area contributed by atoms with Crippen molar-refractivity contribution in [3.63, 3.8) is 0 Å². The van der Waals surface area contributed by atoms with E-state index in [0.29, 0.717) is 0 Å². The second kappa shape index (κ2) is 7.19. The second-order valence-corrected chi connectivity index (χ2v) is 5.81. The SMILES string of the molecule is COC(=O)c1ccccc1C(=O)NCCCP(=O)(O)O. The summed E-state index contributed by atoms with van der Waals surface area (Å²) in [6, 6.07) is 6.16. The van der Waals surface area contributed by atoms with E-state index in [1.165, 1.54) is 19.2 Å². The highest BCUT2D eigenvalue weighted by Crippen LogP contribution is 2.34. The van der Waals surface area contributed by atoms with Crippen LogP contribution >= 0.6 is 7.60 Å². The van der Waals surface area contributed by atoms with Crippen LogP contribution in [0, 0.1) is 0 Å². The Morgan fingerprint density at radius 2 is 1.85 bits per heavy atom. The Morgan fingerprint density at radius 3 is 2.40 bits per heavy atom. The van der Waals surface area contributed by atoms with Gasteiger partial charge in [-0.15, -0.1) is 0 Å². The van der Waals surface area contributed by atoms with E-state index in [0.717, 1.165) is 0 Å². The van der Waals surface area contributed by atoms with Crippen LogP contribution < -0.4 is 5.32 Å². The van der Waals surface area contributed by atoms with Crippen LogP contribution in [0.15, 0.2) is 24.3 Å². The molecule has 8 heteroatoms. The van der Waals surface area contributed by atoms with E-state index in [-0.39, 0.29) is 30.3 Å². The molecule has 0 aliphatic rings. The molecule has 0 spiro atoms. The predicted molar refractivity (Wildman–Crippen MR) is 71.6 cm³/mol. The fraction of sp³-hybridized carbons (Fsp3) is 0.333. The van der Waals surface area contributed by atoms with Crippen molar-refractivity contribution >= 4 is 19.5 Å². The molecule has 0 fully saturated rings. The Bertz CT molecular complexity index is 539. The summed E-state index contributed by atoms with van der Waals surface area (Å²) in [5, 5.41) is 2.50. The molecular formula is C12H16NO6P. The van der Waals surface area contributed by atoms with Crippen molar-refractivity contribution in [2.45, 2.75) is 6.42 Å². The van der Waals surface area contributed by atoms with E-state index in [1.807, 2.05) is 0 Å². The smallest absolute Gasteiger partial charge is 0.338 e. The molecule has 0 aliphatic heterocycles. The first-order valence-corrected chi connectivity index (χ1v) is 7.65. The van der Waals surface area contributed by atoms with Crippen molar-refractivity contribution in [1.29, 1.82) is 0 Å². The summed E-state index contributed by atoms with van der Waals surface area (Å²) in [4.78, 5) is 40.8. The highest BCUT2D eigenvalue weighted by atomic mass is 31.2. The molecular weight excluding hydrogens is 285 g/mol. The Hall–Kier alpha value is -1.69. The van der Waals surface area contributed by atoms with Crippen LogP contribution in [0.5, 0.6) is 0 Å². The lowest BCUT2D eigenvalue weighted by Gasteiger charge is -2.09. The minimum atomic E-state index is -4.05. The first-order chi connectivity index (χ1) is 9.35. The van der Waals surface area contributed by atoms with Crippen LogP contribution in [0.1, 0.15) is 27.1 Å². The van der Waals surface area contributed by atoms with Gasteiger partial charge in [0.25, 0.3) is 5.91 Å². The summed E-state index contributed by atoms with van der Waals surface area (Å²) in [7, 11) is -2.83. The number of hydrogen-bond donors (Lipinski definition) is 3. The van der Waals surface area contributed by atoms with E-state index in [4.69, 9.17) is 9.79 Å². The third-order valence-corrected chi connectivity index (χ3v) is 3.39. The molecule has 3 N–H and O–H groups in total. The molecule has 110 valence electrons. The predicted octanol–water partition coefficient (Wildman–Crippen LogP) is 0.771. The summed E-state index contributed by atoms with van der Waals surface area (Å²) < 4.78 is 15.2. The van der Waals surface area contributed by atoms with Gasteiger partial charge in [-0.2, -0.15) is 0 Å². The minimum absolute atomic E-state index is 0.111. The Balaban J connectivity index is 2.64. The standard InChI is InChI=1S/C12H16NO6P/c1-19-12(15)10-6-3-2-5-9(10)11(14)13-7-4-8-20(16,17)18/h2-3,5-6H,4,7-8H2,1H3,(H,13,14)(H2,16,17,18). The Morgan fingerprint density at radius 1 is 1.25 bits per heavy atom. The van der Waals surface area contributed by atoms with Gasteiger partial charge in [0.05, 0.1) is 24.4 Å². The fourth-order valence-corrected chi connectivity index (χ4v) is 2.12. The summed E-state index contributed by atoms with van der Waals surface area (Å²) in [6.07, 6.45) is -0.150. The number of ether oxygens (including phenoxy) is 1. The normalized spacial score (nSPS) is 10.9. The summed E-state index contributed by atoms with van der Waals surface area (Å²) in [5.74, 6) is -1.11. The molecule has 0 radical (unpaired) electrons. The zero-order valence-electron chi connectivity index (χ0n) is 10.9. The van der Waals surface area contributed by atoms with Gasteiger partial charge in [0.15, 0.2) is 0 Å². The maximum Gasteiger partial charge on any atom is 0.338 e. The zero-order valence-corrected chi connectivity index (χ0v) is 11.8. The molecule has 1 amide bonds. The topological polar surface area (TPSA) is 113 Å². The van der Waals surface area contributed by atoms with Gasteiger partial charge in [-0.05, 0) is 18.6 Å². The largest absolute Gasteiger partial charge is 0.465 e.